The van der Waals surface area contributed by atoms with Crippen molar-refractivity contribution in [1.29, 1.82) is 0 Å². The summed E-state index contributed by atoms with van der Waals surface area (Å²) in [5, 5.41) is 0.748. The average Bonchev–Trinajstić information content (AvgIpc) is 2.74. The van der Waals surface area contributed by atoms with Crippen molar-refractivity contribution in [1.82, 2.24) is 0 Å². The fraction of sp³-hybridized carbons (Fsp3) is 0.130. The Kier molecular flexibility index (Phi) is 7.71. The zero-order valence-electron chi connectivity index (χ0n) is 15.8. The minimum atomic E-state index is -0.643. The maximum Gasteiger partial charge on any atom is 0.349 e. The van der Waals surface area contributed by atoms with Crippen LogP contribution in [0.15, 0.2) is 72.8 Å². The molecule has 3 rings (SSSR count). The molecule has 0 fully saturated rings. The van der Waals surface area contributed by atoms with Gasteiger partial charge >= 0.3 is 11.9 Å². The van der Waals surface area contributed by atoms with E-state index in [2.05, 4.69) is 0 Å². The highest BCUT2D eigenvalue weighted by Crippen LogP contribution is 2.27. The normalized spacial score (nSPS) is 10.3. The summed E-state index contributed by atoms with van der Waals surface area (Å²) < 4.78 is 15.9. The summed E-state index contributed by atoms with van der Waals surface area (Å²) in [7, 11) is 0. The molecule has 0 aromatic heterocycles. The van der Waals surface area contributed by atoms with Crippen LogP contribution < -0.4 is 9.47 Å². The van der Waals surface area contributed by atoms with Gasteiger partial charge in [-0.2, -0.15) is 0 Å². The van der Waals surface area contributed by atoms with Gasteiger partial charge in [0.15, 0.2) is 6.61 Å². The fourth-order valence-corrected chi connectivity index (χ4v) is 3.03. The summed E-state index contributed by atoms with van der Waals surface area (Å²) in [6, 6.07) is 20.6. The van der Waals surface area contributed by atoms with Crippen molar-refractivity contribution in [3.05, 3.63) is 94.0 Å². The first kappa shape index (κ1) is 21.7. The van der Waals surface area contributed by atoms with Crippen LogP contribution in [0.3, 0.4) is 0 Å². The molecule has 7 heteroatoms. The van der Waals surface area contributed by atoms with E-state index >= 15 is 0 Å². The molecule has 0 saturated carbocycles. The minimum Gasteiger partial charge on any atom is -0.480 e. The molecule has 5 nitrogen and oxygen atoms in total. The summed E-state index contributed by atoms with van der Waals surface area (Å²) in [6.07, 6.45) is 0.617. The molecule has 0 aliphatic carbocycles. The number of rotatable bonds is 8. The fourth-order valence-electron chi connectivity index (χ4n) is 2.57. The monoisotopic (exact) mass is 444 g/mol. The van der Waals surface area contributed by atoms with E-state index in [4.69, 9.17) is 37.4 Å². The molecular weight excluding hydrogens is 427 g/mol. The van der Waals surface area contributed by atoms with Crippen LogP contribution in [0.25, 0.3) is 0 Å². The van der Waals surface area contributed by atoms with Crippen molar-refractivity contribution in [2.45, 2.75) is 6.42 Å². The quantitative estimate of drug-likeness (QED) is 0.344. The van der Waals surface area contributed by atoms with Gasteiger partial charge < -0.3 is 14.2 Å². The van der Waals surface area contributed by atoms with Crippen molar-refractivity contribution in [3.8, 4) is 11.5 Å². The molecular formula is C23H18Cl2O5. The maximum atomic E-state index is 12.2. The highest BCUT2D eigenvalue weighted by molar-refractivity contribution is 6.35. The second-order valence-corrected chi connectivity index (χ2v) is 7.08. The third kappa shape index (κ3) is 6.51. The molecule has 0 saturated heterocycles. The van der Waals surface area contributed by atoms with E-state index < -0.39 is 11.9 Å². The minimum absolute atomic E-state index is 0.211. The average molecular weight is 445 g/mol. The van der Waals surface area contributed by atoms with Crippen LogP contribution in [0.5, 0.6) is 11.5 Å². The molecule has 0 amide bonds. The lowest BCUT2D eigenvalue weighted by Gasteiger charge is -2.09. The lowest BCUT2D eigenvalue weighted by atomic mass is 10.2. The van der Waals surface area contributed by atoms with Crippen LogP contribution in [0, 0.1) is 0 Å². The highest BCUT2D eigenvalue weighted by Gasteiger charge is 2.12. The Morgan fingerprint density at radius 1 is 0.867 bits per heavy atom. The van der Waals surface area contributed by atoms with Gasteiger partial charge in [0.05, 0.1) is 17.2 Å². The lowest BCUT2D eigenvalue weighted by molar-refractivity contribution is -0.136. The topological polar surface area (TPSA) is 61.8 Å². The molecule has 3 aromatic carbocycles. The first-order valence-electron chi connectivity index (χ1n) is 9.11. The molecule has 0 heterocycles. The van der Waals surface area contributed by atoms with Gasteiger partial charge in [-0.1, -0.05) is 59.6 Å². The van der Waals surface area contributed by atoms with Gasteiger partial charge in [-0.25, -0.2) is 9.59 Å². The molecule has 0 radical (unpaired) electrons. The van der Waals surface area contributed by atoms with E-state index in [1.54, 1.807) is 30.3 Å². The molecule has 30 heavy (non-hydrogen) atoms. The van der Waals surface area contributed by atoms with Crippen LogP contribution in [0.2, 0.25) is 10.0 Å². The molecule has 0 aliphatic rings. The molecule has 154 valence electrons. The van der Waals surface area contributed by atoms with E-state index in [0.29, 0.717) is 17.2 Å². The molecule has 0 N–H and O–H groups in total. The second-order valence-electron chi connectivity index (χ2n) is 6.24. The molecule has 0 unspecified atom stereocenters. The van der Waals surface area contributed by atoms with Gasteiger partial charge in [-0.3, -0.25) is 0 Å². The van der Waals surface area contributed by atoms with E-state index in [9.17, 15) is 9.59 Å². The number of carbonyl (C=O) groups is 2. The number of carbonyl (C=O) groups excluding carboxylic acids is 2. The summed E-state index contributed by atoms with van der Waals surface area (Å²) >= 11 is 11.8. The van der Waals surface area contributed by atoms with Gasteiger partial charge in [0.25, 0.3) is 0 Å². The standard InChI is InChI=1S/C23H18Cl2O5/c24-18-9-10-21(20(25)14-18)29-15-22(26)30-19-8-4-7-17(13-19)23(27)28-12-11-16-5-2-1-3-6-16/h1-10,13-14H,11-12,15H2. The van der Waals surface area contributed by atoms with Crippen LogP contribution in [0.4, 0.5) is 0 Å². The van der Waals surface area contributed by atoms with Gasteiger partial charge in [-0.15, -0.1) is 0 Å². The zero-order valence-corrected chi connectivity index (χ0v) is 17.4. The highest BCUT2D eigenvalue weighted by atomic mass is 35.5. The summed E-state index contributed by atoms with van der Waals surface area (Å²) in [6.45, 7) is -0.102. The first-order valence-corrected chi connectivity index (χ1v) is 9.86. The van der Waals surface area contributed by atoms with Crippen LogP contribution in [-0.2, 0) is 16.0 Å². The van der Waals surface area contributed by atoms with Gasteiger partial charge in [-0.05, 0) is 42.0 Å². The Morgan fingerprint density at radius 3 is 2.43 bits per heavy atom. The third-order valence-electron chi connectivity index (χ3n) is 4.01. The number of esters is 2. The van der Waals surface area contributed by atoms with Gasteiger partial charge in [0.2, 0.25) is 0 Å². The SMILES string of the molecule is O=C(COc1ccc(Cl)cc1Cl)Oc1cccc(C(=O)OCCc2ccccc2)c1. The number of hydrogen-bond donors (Lipinski definition) is 0. The Morgan fingerprint density at radius 2 is 1.67 bits per heavy atom. The van der Waals surface area contributed by atoms with E-state index in [1.807, 2.05) is 30.3 Å². The molecule has 0 spiro atoms. The Hall–Kier alpha value is -3.02. The molecule has 0 atom stereocenters. The molecule has 0 bridgehead atoms. The second kappa shape index (κ2) is 10.7. The van der Waals surface area contributed by atoms with Crippen LogP contribution >= 0.6 is 23.2 Å². The third-order valence-corrected chi connectivity index (χ3v) is 4.54. The van der Waals surface area contributed by atoms with E-state index in [0.717, 1.165) is 5.56 Å². The number of halogens is 2. The number of hydrogen-bond acceptors (Lipinski definition) is 5. The summed E-state index contributed by atoms with van der Waals surface area (Å²) in [5.41, 5.74) is 1.36. The van der Waals surface area contributed by atoms with Gasteiger partial charge in [0.1, 0.15) is 11.5 Å². The van der Waals surface area contributed by atoms with Crippen molar-refractivity contribution < 1.29 is 23.8 Å². The molecule has 3 aromatic rings. The number of benzene rings is 3. The van der Waals surface area contributed by atoms with E-state index in [-0.39, 0.29) is 29.5 Å². The number of ether oxygens (including phenoxy) is 3. The van der Waals surface area contributed by atoms with Crippen molar-refractivity contribution in [2.75, 3.05) is 13.2 Å². The lowest BCUT2D eigenvalue weighted by Crippen LogP contribution is -2.18. The smallest absolute Gasteiger partial charge is 0.349 e. The van der Waals surface area contributed by atoms with E-state index in [1.165, 1.54) is 12.1 Å². The van der Waals surface area contributed by atoms with Crippen molar-refractivity contribution in [3.63, 3.8) is 0 Å². The van der Waals surface area contributed by atoms with Crippen molar-refractivity contribution >= 4 is 35.1 Å². The van der Waals surface area contributed by atoms with Gasteiger partial charge in [0, 0.05) is 11.4 Å². The van der Waals surface area contributed by atoms with Crippen LogP contribution in [-0.4, -0.2) is 25.2 Å². The van der Waals surface area contributed by atoms with Crippen LogP contribution in [0.1, 0.15) is 15.9 Å². The first-order chi connectivity index (χ1) is 14.5. The summed E-state index contributed by atoms with van der Waals surface area (Å²) in [4.78, 5) is 24.3. The largest absolute Gasteiger partial charge is 0.480 e. The zero-order chi connectivity index (χ0) is 21.3. The Labute approximate surface area is 184 Å². The predicted molar refractivity (Wildman–Crippen MR) is 114 cm³/mol. The summed E-state index contributed by atoms with van der Waals surface area (Å²) in [5.74, 6) is -0.610. The maximum absolute atomic E-state index is 12.2. The Balaban J connectivity index is 1.50. The predicted octanol–water partition coefficient (Wildman–Crippen LogP) is 5.38. The van der Waals surface area contributed by atoms with Crippen molar-refractivity contribution in [2.24, 2.45) is 0 Å². The Bertz CT molecular complexity index is 1020. The molecule has 0 aliphatic heterocycles.